The maximum atomic E-state index is 13.5. The number of H-pyrrole nitrogens is 1. The Kier molecular flexibility index (Phi) is 3.25. The Morgan fingerprint density at radius 3 is 2.71 bits per heavy atom. The van der Waals surface area contributed by atoms with E-state index in [4.69, 9.17) is 4.98 Å². The topological polar surface area (TPSA) is 66.8 Å². The number of hydrogen-bond donors (Lipinski definition) is 1. The number of carbonyl (C=O) groups excluding carboxylic acids is 1. The second-order valence-corrected chi connectivity index (χ2v) is 9.63. The van der Waals surface area contributed by atoms with Crippen LogP contribution in [-0.4, -0.2) is 32.7 Å². The van der Waals surface area contributed by atoms with Crippen molar-refractivity contribution in [1.82, 2.24) is 19.7 Å². The number of amides is 1. The van der Waals surface area contributed by atoms with Crippen molar-refractivity contribution in [1.29, 1.82) is 0 Å². The average Bonchev–Trinajstić information content (AvgIpc) is 3.14. The molecule has 4 heterocycles. The van der Waals surface area contributed by atoms with Crippen LogP contribution in [0.3, 0.4) is 0 Å². The van der Waals surface area contributed by atoms with Crippen LogP contribution in [0.2, 0.25) is 0 Å². The predicted molar refractivity (Wildman–Crippen MR) is 121 cm³/mol. The maximum Gasteiger partial charge on any atom is 0.237 e. The van der Waals surface area contributed by atoms with Gasteiger partial charge in [0.05, 0.1) is 29.0 Å². The molecule has 0 radical (unpaired) electrons. The summed E-state index contributed by atoms with van der Waals surface area (Å²) in [6.07, 6.45) is 10.4. The summed E-state index contributed by atoms with van der Waals surface area (Å²) in [4.78, 5) is 23.8. The number of nitrogens with zero attached hydrogens (tertiary/aromatic N) is 4. The summed E-state index contributed by atoms with van der Waals surface area (Å²) in [5.41, 5.74) is 7.60. The largest absolute Gasteiger partial charge is 0.342 e. The quantitative estimate of drug-likeness (QED) is 0.516. The van der Waals surface area contributed by atoms with Gasteiger partial charge in [-0.05, 0) is 49.3 Å². The first-order valence-electron chi connectivity index (χ1n) is 11.3. The number of aromatic amines is 1. The Morgan fingerprint density at radius 2 is 1.94 bits per heavy atom. The second kappa shape index (κ2) is 5.75. The number of anilines is 1. The summed E-state index contributed by atoms with van der Waals surface area (Å²) in [5, 5.41) is 6.74. The van der Waals surface area contributed by atoms with E-state index in [-0.39, 0.29) is 11.3 Å². The van der Waals surface area contributed by atoms with Crippen LogP contribution < -0.4 is 4.90 Å². The second-order valence-electron chi connectivity index (χ2n) is 9.63. The molecule has 1 N–H and O–H groups in total. The van der Waals surface area contributed by atoms with E-state index in [0.717, 1.165) is 47.9 Å². The highest BCUT2D eigenvalue weighted by atomic mass is 16.2. The zero-order chi connectivity index (χ0) is 20.9. The lowest BCUT2D eigenvalue weighted by Gasteiger charge is -2.22. The molecule has 1 spiro atoms. The van der Waals surface area contributed by atoms with Crippen LogP contribution in [0.5, 0.6) is 0 Å². The third-order valence-corrected chi connectivity index (χ3v) is 7.86. The van der Waals surface area contributed by atoms with Crippen LogP contribution in [0.4, 0.5) is 5.69 Å². The van der Waals surface area contributed by atoms with Crippen LogP contribution in [0.1, 0.15) is 55.7 Å². The third-order valence-electron chi connectivity index (χ3n) is 7.86. The van der Waals surface area contributed by atoms with E-state index in [0.29, 0.717) is 5.92 Å². The van der Waals surface area contributed by atoms with Gasteiger partial charge < -0.3 is 9.88 Å². The lowest BCUT2D eigenvalue weighted by Crippen LogP contribution is -2.36. The minimum Gasteiger partial charge on any atom is -0.342 e. The fraction of sp³-hybridized carbons (Fsp3) is 0.400. The van der Waals surface area contributed by atoms with Crippen molar-refractivity contribution in [3.8, 4) is 11.1 Å². The van der Waals surface area contributed by atoms with E-state index in [2.05, 4.69) is 28.3 Å². The summed E-state index contributed by atoms with van der Waals surface area (Å²) in [5.74, 6) is 0.802. The Bertz CT molecular complexity index is 1400. The van der Waals surface area contributed by atoms with Gasteiger partial charge in [-0.3, -0.25) is 9.48 Å². The number of aromatic nitrogens is 4. The Labute approximate surface area is 180 Å². The molecule has 2 aliphatic carbocycles. The number of nitrogens with one attached hydrogen (secondary N) is 1. The standard InChI is InChI=1S/C25H25N5O/c1-29-18-13-26-23-20(21(18)25(24(29)31)9-3-4-10-25)19(22(28-23)14-5-6-14)15-7-8-17-16(11-15)12-27-30(17)2/h7-8,11-14H,3-6,9-10H2,1-2H3,(H,26,28). The molecule has 3 aliphatic rings. The third kappa shape index (κ3) is 2.15. The fourth-order valence-electron chi connectivity index (χ4n) is 6.18. The van der Waals surface area contributed by atoms with Gasteiger partial charge in [0.2, 0.25) is 5.91 Å². The molecule has 6 nitrogen and oxygen atoms in total. The number of fused-ring (bicyclic) bond motifs is 5. The maximum absolute atomic E-state index is 13.5. The molecule has 3 aromatic heterocycles. The first-order valence-corrected chi connectivity index (χ1v) is 11.3. The summed E-state index contributed by atoms with van der Waals surface area (Å²) in [6, 6.07) is 6.62. The first kappa shape index (κ1) is 17.5. The highest BCUT2D eigenvalue weighted by molar-refractivity contribution is 6.15. The molecule has 2 fully saturated rings. The predicted octanol–water partition coefficient (Wildman–Crippen LogP) is 4.78. The molecule has 4 aromatic rings. The van der Waals surface area contributed by atoms with E-state index in [1.54, 1.807) is 0 Å². The van der Waals surface area contributed by atoms with Gasteiger partial charge in [-0.15, -0.1) is 0 Å². The van der Waals surface area contributed by atoms with Crippen molar-refractivity contribution in [2.24, 2.45) is 7.05 Å². The highest BCUT2D eigenvalue weighted by Gasteiger charge is 2.53. The van der Waals surface area contributed by atoms with Crippen molar-refractivity contribution < 1.29 is 4.79 Å². The van der Waals surface area contributed by atoms with E-state index < -0.39 is 0 Å². The highest BCUT2D eigenvalue weighted by Crippen LogP contribution is 2.56. The van der Waals surface area contributed by atoms with Gasteiger partial charge in [0, 0.05) is 41.7 Å². The van der Waals surface area contributed by atoms with Crippen LogP contribution in [0.15, 0.2) is 30.6 Å². The van der Waals surface area contributed by atoms with Gasteiger partial charge in [0.25, 0.3) is 0 Å². The van der Waals surface area contributed by atoms with Gasteiger partial charge in [-0.1, -0.05) is 18.9 Å². The summed E-state index contributed by atoms with van der Waals surface area (Å²) in [7, 11) is 3.89. The van der Waals surface area contributed by atoms with Gasteiger partial charge in [-0.2, -0.15) is 5.10 Å². The van der Waals surface area contributed by atoms with Crippen LogP contribution >= 0.6 is 0 Å². The number of pyridine rings is 1. The molecule has 0 saturated heterocycles. The number of aryl methyl sites for hydroxylation is 1. The van der Waals surface area contributed by atoms with Crippen LogP contribution in [0.25, 0.3) is 33.1 Å². The molecule has 6 heteroatoms. The Morgan fingerprint density at radius 1 is 1.13 bits per heavy atom. The number of rotatable bonds is 2. The number of likely N-dealkylation sites (N-methyl/N-ethyl adjacent to an activating group) is 1. The molecule has 1 aliphatic heterocycles. The van der Waals surface area contributed by atoms with E-state index in [1.165, 1.54) is 40.6 Å². The van der Waals surface area contributed by atoms with Crippen LogP contribution in [-0.2, 0) is 17.3 Å². The lowest BCUT2D eigenvalue weighted by atomic mass is 9.78. The van der Waals surface area contributed by atoms with E-state index >= 15 is 0 Å². The lowest BCUT2D eigenvalue weighted by molar-refractivity contribution is -0.122. The minimum absolute atomic E-state index is 0.247. The summed E-state index contributed by atoms with van der Waals surface area (Å²) in [6.45, 7) is 0. The van der Waals surface area contributed by atoms with Gasteiger partial charge in [0.1, 0.15) is 5.65 Å². The number of hydrogen-bond acceptors (Lipinski definition) is 3. The summed E-state index contributed by atoms with van der Waals surface area (Å²) >= 11 is 0. The molecular formula is C25H25N5O. The molecule has 0 bridgehead atoms. The monoisotopic (exact) mass is 411 g/mol. The van der Waals surface area contributed by atoms with Crippen molar-refractivity contribution in [3.05, 3.63) is 41.9 Å². The molecule has 2 saturated carbocycles. The van der Waals surface area contributed by atoms with Crippen molar-refractivity contribution in [3.63, 3.8) is 0 Å². The molecule has 31 heavy (non-hydrogen) atoms. The van der Waals surface area contributed by atoms with Gasteiger partial charge >= 0.3 is 0 Å². The Balaban J connectivity index is 1.59. The van der Waals surface area contributed by atoms with E-state index in [1.807, 2.05) is 36.1 Å². The van der Waals surface area contributed by atoms with Crippen molar-refractivity contribution in [2.75, 3.05) is 11.9 Å². The van der Waals surface area contributed by atoms with Crippen LogP contribution in [0, 0.1) is 0 Å². The molecule has 0 atom stereocenters. The zero-order valence-electron chi connectivity index (χ0n) is 17.9. The van der Waals surface area contributed by atoms with Gasteiger partial charge in [-0.25, -0.2) is 4.98 Å². The molecule has 1 aromatic carbocycles. The first-order chi connectivity index (χ1) is 15.1. The molecule has 156 valence electrons. The summed E-state index contributed by atoms with van der Waals surface area (Å²) < 4.78 is 1.91. The smallest absolute Gasteiger partial charge is 0.237 e. The number of carbonyl (C=O) groups is 1. The van der Waals surface area contributed by atoms with E-state index in [9.17, 15) is 4.79 Å². The fourth-order valence-corrected chi connectivity index (χ4v) is 6.18. The normalized spacial score (nSPS) is 19.9. The molecule has 0 unspecified atom stereocenters. The molecule has 7 rings (SSSR count). The van der Waals surface area contributed by atoms with Crippen molar-refractivity contribution in [2.45, 2.75) is 49.9 Å². The van der Waals surface area contributed by atoms with Crippen molar-refractivity contribution >= 4 is 33.5 Å². The number of benzene rings is 1. The zero-order valence-corrected chi connectivity index (χ0v) is 17.9. The Hall–Kier alpha value is -3.15. The SMILES string of the molecule is CN1C(=O)C2(CCCC2)c2c1cnc1[nH]c(C3CC3)c(-c3ccc4c(cnn4C)c3)c21. The molecular weight excluding hydrogens is 386 g/mol. The average molecular weight is 412 g/mol. The van der Waals surface area contributed by atoms with Gasteiger partial charge in [0.15, 0.2) is 0 Å². The minimum atomic E-state index is -0.387. The molecule has 1 amide bonds.